The van der Waals surface area contributed by atoms with Crippen LogP contribution in [-0.2, 0) is 0 Å². The minimum atomic E-state index is -0.261. The zero-order valence-electron chi connectivity index (χ0n) is 10.3. The highest BCUT2D eigenvalue weighted by atomic mass is 16.1. The van der Waals surface area contributed by atoms with Crippen LogP contribution < -0.4 is 11.4 Å². The van der Waals surface area contributed by atoms with E-state index in [1.807, 2.05) is 24.3 Å². The second-order valence-corrected chi connectivity index (χ2v) is 4.59. The molecule has 0 aliphatic rings. The molecule has 0 fully saturated rings. The van der Waals surface area contributed by atoms with E-state index < -0.39 is 0 Å². The van der Waals surface area contributed by atoms with E-state index in [1.165, 1.54) is 0 Å². The number of H-pyrrole nitrogens is 3. The fourth-order valence-corrected chi connectivity index (χ4v) is 2.47. The Morgan fingerprint density at radius 1 is 0.800 bits per heavy atom. The molecule has 2 aromatic carbocycles. The third-order valence-electron chi connectivity index (χ3n) is 3.35. The molecule has 3 N–H and O–H groups in total. The molecule has 0 bridgehead atoms. The molecule has 0 saturated heterocycles. The van der Waals surface area contributed by atoms with Gasteiger partial charge in [0.1, 0.15) is 0 Å². The van der Waals surface area contributed by atoms with Crippen LogP contribution in [0.5, 0.6) is 0 Å². The SMILES string of the molecule is O=c1[nH]c2ccc(-n3c(=O)[nH]c4ccccc43)cc2[nH]1. The van der Waals surface area contributed by atoms with Crippen LogP contribution >= 0.6 is 0 Å². The van der Waals surface area contributed by atoms with Gasteiger partial charge in [-0.1, -0.05) is 12.1 Å². The van der Waals surface area contributed by atoms with E-state index >= 15 is 0 Å². The Labute approximate surface area is 111 Å². The predicted octanol–water partition coefficient (Wildman–Crippen LogP) is 1.49. The zero-order chi connectivity index (χ0) is 13.7. The summed E-state index contributed by atoms with van der Waals surface area (Å²) in [6.45, 7) is 0. The molecule has 6 nitrogen and oxygen atoms in total. The van der Waals surface area contributed by atoms with Crippen LogP contribution in [0.3, 0.4) is 0 Å². The average molecular weight is 266 g/mol. The fourth-order valence-electron chi connectivity index (χ4n) is 2.47. The summed E-state index contributed by atoms with van der Waals surface area (Å²) in [4.78, 5) is 31.6. The van der Waals surface area contributed by atoms with Gasteiger partial charge in [-0.3, -0.25) is 4.57 Å². The predicted molar refractivity (Wildman–Crippen MR) is 76.4 cm³/mol. The number of aromatic amines is 3. The van der Waals surface area contributed by atoms with Gasteiger partial charge in [-0.2, -0.15) is 0 Å². The van der Waals surface area contributed by atoms with Crippen LogP contribution in [0.25, 0.3) is 27.8 Å². The molecule has 0 saturated carbocycles. The smallest absolute Gasteiger partial charge is 0.306 e. The molecular formula is C14H10N4O2. The molecule has 98 valence electrons. The first-order chi connectivity index (χ1) is 9.72. The number of rotatable bonds is 1. The lowest BCUT2D eigenvalue weighted by molar-refractivity contribution is 1.02. The average Bonchev–Trinajstić information content (AvgIpc) is 2.95. The van der Waals surface area contributed by atoms with Gasteiger partial charge in [0.25, 0.3) is 0 Å². The van der Waals surface area contributed by atoms with Crippen molar-refractivity contribution < 1.29 is 0 Å². The minimum Gasteiger partial charge on any atom is -0.306 e. The van der Waals surface area contributed by atoms with Crippen molar-refractivity contribution in [1.82, 2.24) is 19.5 Å². The lowest BCUT2D eigenvalue weighted by atomic mass is 10.2. The van der Waals surface area contributed by atoms with E-state index in [-0.39, 0.29) is 11.4 Å². The van der Waals surface area contributed by atoms with Crippen LogP contribution in [0.2, 0.25) is 0 Å². The van der Waals surface area contributed by atoms with Gasteiger partial charge in [-0.15, -0.1) is 0 Å². The number of imidazole rings is 2. The van der Waals surface area contributed by atoms with Crippen LogP contribution in [0.4, 0.5) is 0 Å². The summed E-state index contributed by atoms with van der Waals surface area (Å²) in [5.41, 5.74) is 3.20. The van der Waals surface area contributed by atoms with Crippen LogP contribution in [0.15, 0.2) is 52.1 Å². The highest BCUT2D eigenvalue weighted by molar-refractivity contribution is 5.80. The first-order valence-electron chi connectivity index (χ1n) is 6.14. The molecule has 0 spiro atoms. The summed E-state index contributed by atoms with van der Waals surface area (Å²) in [6, 6.07) is 12.8. The first-order valence-corrected chi connectivity index (χ1v) is 6.14. The summed E-state index contributed by atoms with van der Waals surface area (Å²) >= 11 is 0. The van der Waals surface area contributed by atoms with Crippen molar-refractivity contribution >= 4 is 22.1 Å². The summed E-state index contributed by atoms with van der Waals surface area (Å²) < 4.78 is 1.58. The maximum Gasteiger partial charge on any atom is 0.331 e. The van der Waals surface area contributed by atoms with Crippen LogP contribution in [0.1, 0.15) is 0 Å². The molecule has 0 aliphatic carbocycles. The first kappa shape index (κ1) is 10.9. The highest BCUT2D eigenvalue weighted by Gasteiger charge is 2.09. The van der Waals surface area contributed by atoms with Crippen molar-refractivity contribution in [2.45, 2.75) is 0 Å². The molecule has 0 atom stereocenters. The van der Waals surface area contributed by atoms with Gasteiger partial charge >= 0.3 is 11.4 Å². The van der Waals surface area contributed by atoms with E-state index in [0.717, 1.165) is 11.0 Å². The van der Waals surface area contributed by atoms with Gasteiger partial charge in [0.15, 0.2) is 0 Å². The van der Waals surface area contributed by atoms with Crippen LogP contribution in [0, 0.1) is 0 Å². The Morgan fingerprint density at radius 2 is 1.60 bits per heavy atom. The molecule has 4 rings (SSSR count). The molecule has 0 unspecified atom stereocenters. The van der Waals surface area contributed by atoms with Gasteiger partial charge in [-0.05, 0) is 30.3 Å². The van der Waals surface area contributed by atoms with E-state index in [1.54, 1.807) is 22.8 Å². The molecule has 6 heteroatoms. The molecule has 2 aromatic heterocycles. The van der Waals surface area contributed by atoms with E-state index in [0.29, 0.717) is 16.7 Å². The second kappa shape index (κ2) is 3.74. The Morgan fingerprint density at radius 3 is 2.50 bits per heavy atom. The van der Waals surface area contributed by atoms with E-state index in [2.05, 4.69) is 15.0 Å². The maximum atomic E-state index is 12.1. The summed E-state index contributed by atoms with van der Waals surface area (Å²) in [5.74, 6) is 0. The molecule has 0 aliphatic heterocycles. The van der Waals surface area contributed by atoms with Crippen molar-refractivity contribution in [3.8, 4) is 5.69 Å². The van der Waals surface area contributed by atoms with Gasteiger partial charge in [0, 0.05) is 0 Å². The van der Waals surface area contributed by atoms with Crippen molar-refractivity contribution in [2.75, 3.05) is 0 Å². The zero-order valence-corrected chi connectivity index (χ0v) is 10.3. The fraction of sp³-hybridized carbons (Fsp3) is 0. The quantitative estimate of drug-likeness (QED) is 0.487. The Balaban J connectivity index is 2.07. The molecular weight excluding hydrogens is 256 g/mol. The largest absolute Gasteiger partial charge is 0.331 e. The minimum absolute atomic E-state index is 0.205. The summed E-state index contributed by atoms with van der Waals surface area (Å²) in [5, 5.41) is 0. The Hall–Kier alpha value is -3.02. The molecule has 0 amide bonds. The normalized spacial score (nSPS) is 11.4. The Bertz CT molecular complexity index is 1050. The van der Waals surface area contributed by atoms with Crippen molar-refractivity contribution in [3.63, 3.8) is 0 Å². The third-order valence-corrected chi connectivity index (χ3v) is 3.35. The van der Waals surface area contributed by atoms with E-state index in [4.69, 9.17) is 0 Å². The van der Waals surface area contributed by atoms with Crippen molar-refractivity contribution in [3.05, 3.63) is 63.4 Å². The van der Waals surface area contributed by atoms with E-state index in [9.17, 15) is 9.59 Å². The summed E-state index contributed by atoms with van der Waals surface area (Å²) in [7, 11) is 0. The molecule has 2 heterocycles. The van der Waals surface area contributed by atoms with Crippen molar-refractivity contribution in [1.29, 1.82) is 0 Å². The number of nitrogens with zero attached hydrogens (tertiary/aromatic N) is 1. The molecule has 0 radical (unpaired) electrons. The lowest BCUT2D eigenvalue weighted by Gasteiger charge is -2.03. The number of fused-ring (bicyclic) bond motifs is 2. The number of nitrogens with one attached hydrogen (secondary N) is 3. The number of hydrogen-bond donors (Lipinski definition) is 3. The van der Waals surface area contributed by atoms with Gasteiger partial charge in [0.2, 0.25) is 0 Å². The lowest BCUT2D eigenvalue weighted by Crippen LogP contribution is -2.14. The standard InChI is InChI=1S/C14H10N4O2/c19-13-15-9-6-5-8(7-11(9)16-13)18-12-4-2-1-3-10(12)17-14(18)20/h1-7H,(H,17,20)(H2,15,16,19). The number of para-hydroxylation sites is 2. The number of hydrogen-bond acceptors (Lipinski definition) is 2. The van der Waals surface area contributed by atoms with Crippen molar-refractivity contribution in [2.24, 2.45) is 0 Å². The van der Waals surface area contributed by atoms with Gasteiger partial charge < -0.3 is 15.0 Å². The highest BCUT2D eigenvalue weighted by Crippen LogP contribution is 2.17. The monoisotopic (exact) mass is 266 g/mol. The second-order valence-electron chi connectivity index (χ2n) is 4.59. The number of benzene rings is 2. The van der Waals surface area contributed by atoms with Gasteiger partial charge in [0.05, 0.1) is 27.8 Å². The Kier molecular flexibility index (Phi) is 2.03. The number of aromatic nitrogens is 4. The maximum absolute atomic E-state index is 12.1. The topological polar surface area (TPSA) is 86.4 Å². The molecule has 20 heavy (non-hydrogen) atoms. The van der Waals surface area contributed by atoms with Crippen LogP contribution in [-0.4, -0.2) is 19.5 Å². The molecule has 4 aromatic rings. The van der Waals surface area contributed by atoms with Gasteiger partial charge in [-0.25, -0.2) is 9.59 Å². The summed E-state index contributed by atoms with van der Waals surface area (Å²) in [6.07, 6.45) is 0. The third kappa shape index (κ3) is 1.45.